The largest absolute Gasteiger partial charge is 0.495 e. The zero-order chi connectivity index (χ0) is 26.4. The number of methoxy groups -OCH3 is 1. The first-order valence-corrected chi connectivity index (χ1v) is 12.1. The van der Waals surface area contributed by atoms with E-state index in [4.69, 9.17) is 26.4 Å². The smallest absolute Gasteiger partial charge is 0.281 e. The van der Waals surface area contributed by atoms with Gasteiger partial charge in [0, 0.05) is 0 Å². The quantitative estimate of drug-likeness (QED) is 0.315. The van der Waals surface area contributed by atoms with Crippen LogP contribution in [0.5, 0.6) is 17.2 Å². The molecular formula is C28H27N3O5S. The van der Waals surface area contributed by atoms with Crippen molar-refractivity contribution in [1.82, 2.24) is 5.32 Å². The van der Waals surface area contributed by atoms with Crippen molar-refractivity contribution in [2.45, 2.75) is 13.8 Å². The highest BCUT2D eigenvalue weighted by atomic mass is 32.1. The molecule has 1 aliphatic rings. The maximum absolute atomic E-state index is 13.1. The normalized spacial score (nSPS) is 13.9. The summed E-state index contributed by atoms with van der Waals surface area (Å²) in [6.45, 7) is 3.95. The Hall–Kier alpha value is -4.37. The van der Waals surface area contributed by atoms with Crippen LogP contribution in [0.3, 0.4) is 0 Å². The zero-order valence-corrected chi connectivity index (χ0v) is 21.6. The average molecular weight is 518 g/mol. The number of benzene rings is 3. The van der Waals surface area contributed by atoms with Crippen molar-refractivity contribution in [1.29, 1.82) is 0 Å². The number of aryl methyl sites for hydroxylation is 1. The summed E-state index contributed by atoms with van der Waals surface area (Å²) >= 11 is 5.42. The number of amides is 2. The number of ether oxygens (including phenoxy) is 3. The predicted octanol–water partition coefficient (Wildman–Crippen LogP) is 4.68. The van der Waals surface area contributed by atoms with Gasteiger partial charge in [-0.3, -0.25) is 14.5 Å². The lowest BCUT2D eigenvalue weighted by Gasteiger charge is -2.16. The molecule has 0 aliphatic carbocycles. The van der Waals surface area contributed by atoms with Gasteiger partial charge < -0.3 is 24.8 Å². The van der Waals surface area contributed by atoms with E-state index in [1.54, 1.807) is 42.5 Å². The molecule has 0 spiro atoms. The average Bonchev–Trinajstić information content (AvgIpc) is 3.16. The maximum Gasteiger partial charge on any atom is 0.281 e. The Balaban J connectivity index is 1.48. The Morgan fingerprint density at radius 3 is 2.54 bits per heavy atom. The zero-order valence-electron chi connectivity index (χ0n) is 20.7. The highest BCUT2D eigenvalue weighted by Crippen LogP contribution is 2.31. The summed E-state index contributed by atoms with van der Waals surface area (Å²) in [7, 11) is 1.54. The van der Waals surface area contributed by atoms with Crippen LogP contribution in [-0.4, -0.2) is 37.3 Å². The molecule has 2 amide bonds. The monoisotopic (exact) mass is 517 g/mol. The third-order valence-electron chi connectivity index (χ3n) is 5.55. The first-order valence-electron chi connectivity index (χ1n) is 11.7. The van der Waals surface area contributed by atoms with Gasteiger partial charge in [0.15, 0.2) is 23.2 Å². The second-order valence-corrected chi connectivity index (χ2v) is 8.48. The first kappa shape index (κ1) is 25.7. The highest BCUT2D eigenvalue weighted by molar-refractivity contribution is 7.80. The van der Waals surface area contributed by atoms with Crippen molar-refractivity contribution >= 4 is 46.6 Å². The van der Waals surface area contributed by atoms with Crippen LogP contribution in [0.4, 0.5) is 11.4 Å². The molecule has 9 heteroatoms. The van der Waals surface area contributed by atoms with Gasteiger partial charge in [0.2, 0.25) is 0 Å². The van der Waals surface area contributed by atoms with Crippen molar-refractivity contribution < 1.29 is 23.8 Å². The molecule has 1 aliphatic heterocycles. The van der Waals surface area contributed by atoms with Crippen molar-refractivity contribution in [3.05, 3.63) is 83.6 Å². The molecule has 0 radical (unpaired) electrons. The van der Waals surface area contributed by atoms with Gasteiger partial charge in [-0.25, -0.2) is 0 Å². The van der Waals surface area contributed by atoms with Crippen molar-refractivity contribution in [2.24, 2.45) is 0 Å². The second-order valence-electron chi connectivity index (χ2n) is 8.09. The Labute approximate surface area is 220 Å². The molecule has 190 valence electrons. The molecule has 1 saturated heterocycles. The van der Waals surface area contributed by atoms with E-state index >= 15 is 0 Å². The fourth-order valence-corrected chi connectivity index (χ4v) is 4.11. The van der Waals surface area contributed by atoms with Crippen LogP contribution < -0.4 is 29.7 Å². The molecule has 0 saturated carbocycles. The molecule has 3 aromatic rings. The van der Waals surface area contributed by atoms with E-state index in [-0.39, 0.29) is 18.4 Å². The van der Waals surface area contributed by atoms with E-state index in [0.717, 1.165) is 11.3 Å². The number of thiocarbonyl (C=S) groups is 1. The van der Waals surface area contributed by atoms with Crippen molar-refractivity contribution in [2.75, 3.05) is 30.5 Å². The van der Waals surface area contributed by atoms with E-state index in [1.165, 1.54) is 12.0 Å². The van der Waals surface area contributed by atoms with Crippen LogP contribution >= 0.6 is 12.2 Å². The SMILES string of the molecule is CCOc1cc(/C=C2/NC(=S)N(c3ccccc3C)C2=O)ccc1OCC(=O)Nc1ccccc1OC. The van der Waals surface area contributed by atoms with E-state index in [1.807, 2.05) is 44.2 Å². The number of carbonyl (C=O) groups excluding carboxylic acids is 2. The van der Waals surface area contributed by atoms with Gasteiger partial charge in [-0.05, 0) is 73.6 Å². The third-order valence-corrected chi connectivity index (χ3v) is 5.84. The Bertz CT molecular complexity index is 1370. The number of rotatable bonds is 9. The number of para-hydroxylation sites is 3. The summed E-state index contributed by atoms with van der Waals surface area (Å²) in [5.74, 6) is 0.820. The van der Waals surface area contributed by atoms with Gasteiger partial charge in [0.25, 0.3) is 11.8 Å². The number of carbonyl (C=O) groups is 2. The van der Waals surface area contributed by atoms with E-state index in [9.17, 15) is 9.59 Å². The Morgan fingerprint density at radius 1 is 1.03 bits per heavy atom. The molecular weight excluding hydrogens is 490 g/mol. The van der Waals surface area contributed by atoms with Crippen LogP contribution in [0, 0.1) is 6.92 Å². The molecule has 0 aromatic heterocycles. The molecule has 1 heterocycles. The summed E-state index contributed by atoms with van der Waals surface area (Å²) in [6, 6.07) is 19.9. The third kappa shape index (κ3) is 5.90. The fraction of sp³-hybridized carbons (Fsp3) is 0.179. The molecule has 1 fully saturated rings. The second kappa shape index (κ2) is 11.6. The number of nitrogens with one attached hydrogen (secondary N) is 2. The number of hydrogen-bond acceptors (Lipinski definition) is 6. The van der Waals surface area contributed by atoms with Gasteiger partial charge in [-0.15, -0.1) is 0 Å². The lowest BCUT2D eigenvalue weighted by molar-refractivity contribution is -0.118. The van der Waals surface area contributed by atoms with E-state index in [0.29, 0.717) is 45.9 Å². The Kier molecular flexibility index (Phi) is 8.05. The van der Waals surface area contributed by atoms with Crippen LogP contribution in [0.15, 0.2) is 72.4 Å². The fourth-order valence-electron chi connectivity index (χ4n) is 3.81. The van der Waals surface area contributed by atoms with Crippen LogP contribution in [0.2, 0.25) is 0 Å². The molecule has 4 rings (SSSR count). The van der Waals surface area contributed by atoms with Crippen molar-refractivity contribution in [3.63, 3.8) is 0 Å². The maximum atomic E-state index is 13.1. The summed E-state index contributed by atoms with van der Waals surface area (Å²) in [5.41, 5.74) is 3.28. The van der Waals surface area contributed by atoms with Gasteiger partial charge in [0.1, 0.15) is 11.4 Å². The molecule has 0 atom stereocenters. The lowest BCUT2D eigenvalue weighted by atomic mass is 10.1. The summed E-state index contributed by atoms with van der Waals surface area (Å²) in [4.78, 5) is 27.1. The summed E-state index contributed by atoms with van der Waals surface area (Å²) < 4.78 is 16.7. The first-order chi connectivity index (χ1) is 17.9. The molecule has 37 heavy (non-hydrogen) atoms. The van der Waals surface area contributed by atoms with Crippen LogP contribution in [0.1, 0.15) is 18.1 Å². The van der Waals surface area contributed by atoms with Crippen LogP contribution in [-0.2, 0) is 9.59 Å². The Morgan fingerprint density at radius 2 is 1.78 bits per heavy atom. The van der Waals surface area contributed by atoms with E-state index in [2.05, 4.69) is 10.6 Å². The topological polar surface area (TPSA) is 89.1 Å². The molecule has 0 unspecified atom stereocenters. The minimum Gasteiger partial charge on any atom is -0.495 e. The van der Waals surface area contributed by atoms with Gasteiger partial charge in [-0.2, -0.15) is 0 Å². The minimum absolute atomic E-state index is 0.224. The summed E-state index contributed by atoms with van der Waals surface area (Å²) in [6.07, 6.45) is 1.70. The molecule has 8 nitrogen and oxygen atoms in total. The number of nitrogens with zero attached hydrogens (tertiary/aromatic N) is 1. The van der Waals surface area contributed by atoms with E-state index < -0.39 is 0 Å². The van der Waals surface area contributed by atoms with Gasteiger partial charge in [0.05, 0.1) is 25.1 Å². The molecule has 3 aromatic carbocycles. The summed E-state index contributed by atoms with van der Waals surface area (Å²) in [5, 5.41) is 6.09. The predicted molar refractivity (Wildman–Crippen MR) is 147 cm³/mol. The van der Waals surface area contributed by atoms with Gasteiger partial charge in [-0.1, -0.05) is 36.4 Å². The van der Waals surface area contributed by atoms with Gasteiger partial charge >= 0.3 is 0 Å². The standard InChI is InChI=1S/C28H27N3O5S/c1-4-35-25-16-19(15-21-27(33)31(28(37)30-21)22-11-7-5-9-18(22)2)13-14-24(25)36-17-26(32)29-20-10-6-8-12-23(20)34-3/h5-16H,4,17H2,1-3H3,(H,29,32)(H,30,37)/b21-15+. The minimum atomic E-state index is -0.344. The van der Waals surface area contributed by atoms with Crippen molar-refractivity contribution in [3.8, 4) is 17.2 Å². The van der Waals surface area contributed by atoms with Crippen LogP contribution in [0.25, 0.3) is 6.08 Å². The molecule has 0 bridgehead atoms. The molecule has 2 N–H and O–H groups in total. The number of anilines is 2. The highest BCUT2D eigenvalue weighted by Gasteiger charge is 2.32. The lowest BCUT2D eigenvalue weighted by Crippen LogP contribution is -2.30. The number of hydrogen-bond donors (Lipinski definition) is 2.